The fourth-order valence-electron chi connectivity index (χ4n) is 1.68. The van der Waals surface area contributed by atoms with Gasteiger partial charge in [-0.1, -0.05) is 35.4 Å². The van der Waals surface area contributed by atoms with E-state index in [1.54, 1.807) is 24.3 Å². The van der Waals surface area contributed by atoms with Crippen LogP contribution in [0.2, 0.25) is 0 Å². The van der Waals surface area contributed by atoms with Crippen LogP contribution >= 0.6 is 0 Å². The van der Waals surface area contributed by atoms with E-state index in [9.17, 15) is 8.42 Å². The van der Waals surface area contributed by atoms with Gasteiger partial charge in [0.05, 0.1) is 4.90 Å². The van der Waals surface area contributed by atoms with Gasteiger partial charge in [0.25, 0.3) is 0 Å². The van der Waals surface area contributed by atoms with Crippen molar-refractivity contribution in [1.29, 1.82) is 0 Å². The molecule has 0 heterocycles. The Labute approximate surface area is 114 Å². The van der Waals surface area contributed by atoms with E-state index in [0.29, 0.717) is 4.90 Å². The van der Waals surface area contributed by atoms with Crippen molar-refractivity contribution in [3.63, 3.8) is 0 Å². The standard InChI is InChI=1S/C15H17NO2S/c1-12-3-7-14(8-4-12)16-11-19(17,18)15-9-5-13(2)6-10-15/h3-10,16H,11H2,1-2H3. The molecule has 0 fully saturated rings. The van der Waals surface area contributed by atoms with E-state index in [2.05, 4.69) is 5.32 Å². The summed E-state index contributed by atoms with van der Waals surface area (Å²) in [5.41, 5.74) is 3.00. The van der Waals surface area contributed by atoms with E-state index in [1.807, 2.05) is 38.1 Å². The largest absolute Gasteiger partial charge is 0.371 e. The Morgan fingerprint density at radius 2 is 1.32 bits per heavy atom. The predicted molar refractivity (Wildman–Crippen MR) is 78.0 cm³/mol. The molecule has 0 saturated carbocycles. The fraction of sp³-hybridized carbons (Fsp3) is 0.200. The molecule has 0 aliphatic carbocycles. The summed E-state index contributed by atoms with van der Waals surface area (Å²) in [6.07, 6.45) is 0. The zero-order chi connectivity index (χ0) is 13.9. The molecule has 4 heteroatoms. The number of anilines is 1. The molecule has 0 amide bonds. The van der Waals surface area contributed by atoms with Gasteiger partial charge in [0.15, 0.2) is 9.84 Å². The predicted octanol–water partition coefficient (Wildman–Crippen LogP) is 3.15. The Bertz CT molecular complexity index is 644. The molecule has 0 aliphatic heterocycles. The van der Waals surface area contributed by atoms with Crippen LogP contribution in [0.25, 0.3) is 0 Å². The molecule has 0 radical (unpaired) electrons. The van der Waals surface area contributed by atoms with Crippen LogP contribution in [0.4, 0.5) is 5.69 Å². The van der Waals surface area contributed by atoms with Crippen LogP contribution in [0.3, 0.4) is 0 Å². The number of rotatable bonds is 4. The molecule has 0 aromatic heterocycles. The summed E-state index contributed by atoms with van der Waals surface area (Å²) < 4.78 is 24.2. The average molecular weight is 275 g/mol. The molecule has 100 valence electrons. The second kappa shape index (κ2) is 5.45. The average Bonchev–Trinajstić information content (AvgIpc) is 2.39. The van der Waals surface area contributed by atoms with Crippen molar-refractivity contribution >= 4 is 15.5 Å². The van der Waals surface area contributed by atoms with Gasteiger partial charge in [-0.05, 0) is 38.1 Å². The van der Waals surface area contributed by atoms with E-state index in [4.69, 9.17) is 0 Å². The van der Waals surface area contributed by atoms with Gasteiger partial charge in [-0.15, -0.1) is 0 Å². The molecular formula is C15H17NO2S. The van der Waals surface area contributed by atoms with Crippen LogP contribution in [0, 0.1) is 13.8 Å². The summed E-state index contributed by atoms with van der Waals surface area (Å²) in [5.74, 6) is -0.0981. The van der Waals surface area contributed by atoms with Crippen molar-refractivity contribution in [3.05, 3.63) is 59.7 Å². The highest BCUT2D eigenvalue weighted by atomic mass is 32.2. The minimum atomic E-state index is -3.30. The molecule has 3 nitrogen and oxygen atoms in total. The maximum atomic E-state index is 12.1. The van der Waals surface area contributed by atoms with Gasteiger partial charge in [-0.25, -0.2) is 8.42 Å². The topological polar surface area (TPSA) is 46.2 Å². The lowest BCUT2D eigenvalue weighted by Gasteiger charge is -2.08. The van der Waals surface area contributed by atoms with Crippen LogP contribution in [-0.2, 0) is 9.84 Å². The number of nitrogens with one attached hydrogen (secondary N) is 1. The first kappa shape index (κ1) is 13.6. The SMILES string of the molecule is Cc1ccc(NCS(=O)(=O)c2ccc(C)cc2)cc1. The van der Waals surface area contributed by atoms with E-state index in [0.717, 1.165) is 16.8 Å². The fourth-order valence-corrected chi connectivity index (χ4v) is 2.75. The summed E-state index contributed by atoms with van der Waals surface area (Å²) in [4.78, 5) is 0.345. The van der Waals surface area contributed by atoms with Crippen LogP contribution in [0.15, 0.2) is 53.4 Å². The normalized spacial score (nSPS) is 11.3. The maximum absolute atomic E-state index is 12.1. The smallest absolute Gasteiger partial charge is 0.196 e. The zero-order valence-electron chi connectivity index (χ0n) is 11.1. The Hall–Kier alpha value is -1.81. The molecule has 2 aromatic rings. The third-order valence-corrected chi connectivity index (χ3v) is 4.41. The van der Waals surface area contributed by atoms with Crippen LogP contribution < -0.4 is 5.32 Å². The van der Waals surface area contributed by atoms with Crippen molar-refractivity contribution in [1.82, 2.24) is 0 Å². The van der Waals surface area contributed by atoms with Crippen LogP contribution in [0.1, 0.15) is 11.1 Å². The number of hydrogen-bond acceptors (Lipinski definition) is 3. The second-order valence-electron chi connectivity index (χ2n) is 4.61. The molecule has 19 heavy (non-hydrogen) atoms. The van der Waals surface area contributed by atoms with Crippen molar-refractivity contribution in [2.75, 3.05) is 11.2 Å². The highest BCUT2D eigenvalue weighted by Gasteiger charge is 2.13. The first-order valence-corrected chi connectivity index (χ1v) is 7.72. The Balaban J connectivity index is 2.09. The molecule has 0 saturated heterocycles. The van der Waals surface area contributed by atoms with Gasteiger partial charge < -0.3 is 5.32 Å². The maximum Gasteiger partial charge on any atom is 0.196 e. The van der Waals surface area contributed by atoms with E-state index in [1.165, 1.54) is 0 Å². The molecule has 2 aromatic carbocycles. The third-order valence-electron chi connectivity index (χ3n) is 2.90. The summed E-state index contributed by atoms with van der Waals surface area (Å²) in [6.45, 7) is 3.92. The van der Waals surface area contributed by atoms with E-state index < -0.39 is 9.84 Å². The Morgan fingerprint density at radius 1 is 0.842 bits per heavy atom. The molecular weight excluding hydrogens is 258 g/mol. The van der Waals surface area contributed by atoms with Gasteiger partial charge in [0, 0.05) is 5.69 Å². The molecule has 0 aliphatic rings. The number of aryl methyl sites for hydroxylation is 2. The first-order chi connectivity index (χ1) is 8.97. The minimum Gasteiger partial charge on any atom is -0.371 e. The molecule has 0 atom stereocenters. The van der Waals surface area contributed by atoms with E-state index in [-0.39, 0.29) is 5.88 Å². The van der Waals surface area contributed by atoms with Gasteiger partial charge in [0.2, 0.25) is 0 Å². The van der Waals surface area contributed by atoms with Crippen molar-refractivity contribution in [2.45, 2.75) is 18.7 Å². The van der Waals surface area contributed by atoms with Crippen molar-refractivity contribution in [3.8, 4) is 0 Å². The summed E-state index contributed by atoms with van der Waals surface area (Å²) in [7, 11) is -3.30. The number of benzene rings is 2. The first-order valence-electron chi connectivity index (χ1n) is 6.07. The van der Waals surface area contributed by atoms with E-state index >= 15 is 0 Å². The van der Waals surface area contributed by atoms with Crippen molar-refractivity contribution < 1.29 is 8.42 Å². The molecule has 0 spiro atoms. The lowest BCUT2D eigenvalue weighted by atomic mass is 10.2. The highest BCUT2D eigenvalue weighted by Crippen LogP contribution is 2.14. The summed E-state index contributed by atoms with van der Waals surface area (Å²) >= 11 is 0. The van der Waals surface area contributed by atoms with Gasteiger partial charge in [-0.2, -0.15) is 0 Å². The second-order valence-corrected chi connectivity index (χ2v) is 6.60. The number of sulfone groups is 1. The van der Waals surface area contributed by atoms with Crippen molar-refractivity contribution in [2.24, 2.45) is 0 Å². The van der Waals surface area contributed by atoms with Gasteiger partial charge >= 0.3 is 0 Å². The Kier molecular flexibility index (Phi) is 3.90. The highest BCUT2D eigenvalue weighted by molar-refractivity contribution is 7.91. The number of hydrogen-bond donors (Lipinski definition) is 1. The molecule has 1 N–H and O–H groups in total. The quantitative estimate of drug-likeness (QED) is 0.932. The van der Waals surface area contributed by atoms with Gasteiger partial charge in [0.1, 0.15) is 5.88 Å². The third kappa shape index (κ3) is 3.58. The summed E-state index contributed by atoms with van der Waals surface area (Å²) in [6, 6.07) is 14.5. The lowest BCUT2D eigenvalue weighted by molar-refractivity contribution is 0.598. The molecule has 0 unspecified atom stereocenters. The van der Waals surface area contributed by atoms with Crippen LogP contribution in [0.5, 0.6) is 0 Å². The lowest BCUT2D eigenvalue weighted by Crippen LogP contribution is -2.14. The monoisotopic (exact) mass is 275 g/mol. The molecule has 0 bridgehead atoms. The summed E-state index contributed by atoms with van der Waals surface area (Å²) in [5, 5.41) is 2.94. The van der Waals surface area contributed by atoms with Crippen LogP contribution in [-0.4, -0.2) is 14.3 Å². The minimum absolute atomic E-state index is 0.0981. The Morgan fingerprint density at radius 3 is 1.84 bits per heavy atom. The molecule has 2 rings (SSSR count). The van der Waals surface area contributed by atoms with Gasteiger partial charge in [-0.3, -0.25) is 0 Å². The zero-order valence-corrected chi connectivity index (χ0v) is 11.9.